The fourth-order valence-electron chi connectivity index (χ4n) is 3.42. The van der Waals surface area contributed by atoms with Gasteiger partial charge in [0.2, 0.25) is 5.91 Å². The molecule has 3 heterocycles. The topological polar surface area (TPSA) is 36.4 Å². The molecule has 0 N–H and O–H groups in total. The summed E-state index contributed by atoms with van der Waals surface area (Å²) >= 11 is 7.76. The highest BCUT2D eigenvalue weighted by molar-refractivity contribution is 7.07. The second-order valence-electron chi connectivity index (χ2n) is 6.49. The van der Waals surface area contributed by atoms with Crippen molar-refractivity contribution in [3.05, 3.63) is 57.9 Å². The first-order valence-electron chi connectivity index (χ1n) is 8.79. The summed E-state index contributed by atoms with van der Waals surface area (Å²) in [5.74, 6) is 0.252. The Morgan fingerprint density at radius 2 is 2.00 bits per heavy atom. The molecular weight excluding hydrogens is 366 g/mol. The number of anilines is 1. The standard InChI is InChI=1S/C20H20ClN3OS/c21-16-2-3-17-18(13-16)22-7-5-19(17)23-8-10-24(11-9-23)20(25)4-1-15-6-12-26-14-15/h2-3,5-7,12-14H,1,4,8-11H2. The van der Waals surface area contributed by atoms with Crippen LogP contribution in [0.15, 0.2) is 47.3 Å². The van der Waals surface area contributed by atoms with E-state index >= 15 is 0 Å². The molecule has 0 unspecified atom stereocenters. The number of rotatable bonds is 4. The van der Waals surface area contributed by atoms with Crippen LogP contribution in [-0.2, 0) is 11.2 Å². The molecule has 1 amide bonds. The quantitative estimate of drug-likeness (QED) is 0.674. The minimum Gasteiger partial charge on any atom is -0.367 e. The largest absolute Gasteiger partial charge is 0.367 e. The Hall–Kier alpha value is -2.11. The van der Waals surface area contributed by atoms with Gasteiger partial charge in [0.1, 0.15) is 0 Å². The maximum absolute atomic E-state index is 12.5. The smallest absolute Gasteiger partial charge is 0.223 e. The third-order valence-corrected chi connectivity index (χ3v) is 5.83. The lowest BCUT2D eigenvalue weighted by atomic mass is 10.1. The Balaban J connectivity index is 1.40. The van der Waals surface area contributed by atoms with Crippen molar-refractivity contribution < 1.29 is 4.79 Å². The van der Waals surface area contributed by atoms with Gasteiger partial charge >= 0.3 is 0 Å². The number of piperazine rings is 1. The first-order valence-corrected chi connectivity index (χ1v) is 10.1. The van der Waals surface area contributed by atoms with Gasteiger partial charge in [0.25, 0.3) is 0 Å². The van der Waals surface area contributed by atoms with Crippen molar-refractivity contribution in [2.75, 3.05) is 31.1 Å². The van der Waals surface area contributed by atoms with Gasteiger partial charge in [-0.15, -0.1) is 0 Å². The second kappa shape index (κ2) is 7.64. The van der Waals surface area contributed by atoms with Crippen LogP contribution in [0.4, 0.5) is 5.69 Å². The summed E-state index contributed by atoms with van der Waals surface area (Å²) in [4.78, 5) is 21.2. The first kappa shape index (κ1) is 17.3. The molecular formula is C20H20ClN3OS. The second-order valence-corrected chi connectivity index (χ2v) is 7.71. The number of thiophene rings is 1. The average molecular weight is 386 g/mol. The molecule has 2 aromatic heterocycles. The Bertz CT molecular complexity index is 905. The van der Waals surface area contributed by atoms with E-state index in [1.54, 1.807) is 11.3 Å². The van der Waals surface area contributed by atoms with Crippen LogP contribution in [0, 0.1) is 0 Å². The van der Waals surface area contributed by atoms with Crippen molar-refractivity contribution in [1.82, 2.24) is 9.88 Å². The lowest BCUT2D eigenvalue weighted by Gasteiger charge is -2.36. The molecule has 1 aliphatic rings. The molecule has 0 aliphatic carbocycles. The summed E-state index contributed by atoms with van der Waals surface area (Å²) in [5.41, 5.74) is 3.32. The molecule has 0 saturated carbocycles. The number of nitrogens with zero attached hydrogens (tertiary/aromatic N) is 3. The predicted molar refractivity (Wildman–Crippen MR) is 108 cm³/mol. The summed E-state index contributed by atoms with van der Waals surface area (Å²) in [6, 6.07) is 9.96. The zero-order valence-electron chi connectivity index (χ0n) is 14.4. The Labute approximate surface area is 162 Å². The SMILES string of the molecule is O=C(CCc1ccsc1)N1CCN(c2ccnc3cc(Cl)ccc23)CC1. The fourth-order valence-corrected chi connectivity index (χ4v) is 4.29. The lowest BCUT2D eigenvalue weighted by molar-refractivity contribution is -0.131. The van der Waals surface area contributed by atoms with E-state index in [2.05, 4.69) is 26.7 Å². The van der Waals surface area contributed by atoms with Crippen molar-refractivity contribution in [2.45, 2.75) is 12.8 Å². The van der Waals surface area contributed by atoms with Crippen molar-refractivity contribution >= 4 is 45.4 Å². The van der Waals surface area contributed by atoms with Crippen LogP contribution < -0.4 is 4.90 Å². The van der Waals surface area contributed by atoms with Gasteiger partial charge in [-0.3, -0.25) is 9.78 Å². The minimum absolute atomic E-state index is 0.252. The van der Waals surface area contributed by atoms with Crippen molar-refractivity contribution in [1.29, 1.82) is 0 Å². The molecule has 0 atom stereocenters. The molecule has 26 heavy (non-hydrogen) atoms. The highest BCUT2D eigenvalue weighted by Gasteiger charge is 2.22. The number of pyridine rings is 1. The van der Waals surface area contributed by atoms with E-state index in [4.69, 9.17) is 11.6 Å². The van der Waals surface area contributed by atoms with E-state index in [9.17, 15) is 4.79 Å². The number of benzene rings is 1. The number of aryl methyl sites for hydroxylation is 1. The Morgan fingerprint density at radius 3 is 2.77 bits per heavy atom. The molecule has 0 bridgehead atoms. The number of fused-ring (bicyclic) bond motifs is 1. The minimum atomic E-state index is 0.252. The van der Waals surface area contributed by atoms with E-state index in [0.29, 0.717) is 11.4 Å². The third kappa shape index (κ3) is 3.69. The molecule has 4 nitrogen and oxygen atoms in total. The van der Waals surface area contributed by atoms with Gasteiger partial charge in [0.15, 0.2) is 0 Å². The highest BCUT2D eigenvalue weighted by atomic mass is 35.5. The zero-order valence-corrected chi connectivity index (χ0v) is 16.0. The van der Waals surface area contributed by atoms with Gasteiger partial charge in [-0.1, -0.05) is 11.6 Å². The molecule has 134 valence electrons. The fraction of sp³-hybridized carbons (Fsp3) is 0.300. The normalized spacial score (nSPS) is 14.8. The molecule has 3 aromatic rings. The predicted octanol–water partition coefficient (Wildman–Crippen LogP) is 4.23. The summed E-state index contributed by atoms with van der Waals surface area (Å²) in [5, 5.41) is 5.98. The van der Waals surface area contributed by atoms with Crippen molar-refractivity contribution in [3.63, 3.8) is 0 Å². The van der Waals surface area contributed by atoms with Crippen molar-refractivity contribution in [3.8, 4) is 0 Å². The summed E-state index contributed by atoms with van der Waals surface area (Å²) in [7, 11) is 0. The Morgan fingerprint density at radius 1 is 1.15 bits per heavy atom. The van der Waals surface area contributed by atoms with Gasteiger partial charge in [0.05, 0.1) is 5.52 Å². The number of aromatic nitrogens is 1. The van der Waals surface area contributed by atoms with Crippen LogP contribution in [0.25, 0.3) is 10.9 Å². The van der Waals surface area contributed by atoms with E-state index in [1.165, 1.54) is 5.56 Å². The maximum atomic E-state index is 12.5. The van der Waals surface area contributed by atoms with Gasteiger partial charge in [0, 0.05) is 54.9 Å². The number of hydrogen-bond donors (Lipinski definition) is 0. The number of halogens is 1. The average Bonchev–Trinajstić information content (AvgIpc) is 3.19. The molecule has 1 aromatic carbocycles. The summed E-state index contributed by atoms with van der Waals surface area (Å²) < 4.78 is 0. The maximum Gasteiger partial charge on any atom is 0.223 e. The zero-order chi connectivity index (χ0) is 17.9. The number of carbonyl (C=O) groups excluding carboxylic acids is 1. The number of hydrogen-bond acceptors (Lipinski definition) is 4. The van der Waals surface area contributed by atoms with Gasteiger partial charge in [-0.05, 0) is 53.1 Å². The van der Waals surface area contributed by atoms with Crippen LogP contribution in [-0.4, -0.2) is 42.0 Å². The monoisotopic (exact) mass is 385 g/mol. The van der Waals surface area contributed by atoms with Crippen LogP contribution >= 0.6 is 22.9 Å². The molecule has 1 fully saturated rings. The summed E-state index contributed by atoms with van der Waals surface area (Å²) in [6.45, 7) is 3.21. The van der Waals surface area contributed by atoms with Gasteiger partial charge in [-0.25, -0.2) is 0 Å². The number of carbonyl (C=O) groups is 1. The first-order chi connectivity index (χ1) is 12.7. The van der Waals surface area contributed by atoms with Crippen LogP contribution in [0.1, 0.15) is 12.0 Å². The number of amides is 1. The van der Waals surface area contributed by atoms with Crippen molar-refractivity contribution in [2.24, 2.45) is 0 Å². The molecule has 4 rings (SSSR count). The molecule has 0 spiro atoms. The van der Waals surface area contributed by atoms with E-state index in [-0.39, 0.29) is 5.91 Å². The third-order valence-electron chi connectivity index (χ3n) is 4.86. The molecule has 1 aliphatic heterocycles. The van der Waals surface area contributed by atoms with Crippen LogP contribution in [0.2, 0.25) is 5.02 Å². The molecule has 1 saturated heterocycles. The van der Waals surface area contributed by atoms with Crippen LogP contribution in [0.5, 0.6) is 0 Å². The molecule has 6 heteroatoms. The van der Waals surface area contributed by atoms with E-state index in [0.717, 1.165) is 49.2 Å². The Kier molecular flexibility index (Phi) is 5.09. The lowest BCUT2D eigenvalue weighted by Crippen LogP contribution is -2.48. The summed E-state index contributed by atoms with van der Waals surface area (Å²) in [6.07, 6.45) is 3.25. The van der Waals surface area contributed by atoms with E-state index < -0.39 is 0 Å². The molecule has 0 radical (unpaired) electrons. The van der Waals surface area contributed by atoms with E-state index in [1.807, 2.05) is 35.4 Å². The van der Waals surface area contributed by atoms with Gasteiger partial charge < -0.3 is 9.80 Å². The van der Waals surface area contributed by atoms with Gasteiger partial charge in [-0.2, -0.15) is 11.3 Å². The van der Waals surface area contributed by atoms with Crippen LogP contribution in [0.3, 0.4) is 0 Å². The highest BCUT2D eigenvalue weighted by Crippen LogP contribution is 2.28.